The van der Waals surface area contributed by atoms with Crippen molar-refractivity contribution in [1.82, 2.24) is 5.32 Å². The summed E-state index contributed by atoms with van der Waals surface area (Å²) in [4.78, 5) is 0. The van der Waals surface area contributed by atoms with Crippen molar-refractivity contribution in [1.29, 1.82) is 0 Å². The average molecular weight is 346 g/mol. The van der Waals surface area contributed by atoms with Crippen molar-refractivity contribution in [2.24, 2.45) is 0 Å². The van der Waals surface area contributed by atoms with Crippen LogP contribution in [0.3, 0.4) is 0 Å². The maximum Gasteiger partial charge on any atom is 0.0587 e. The Kier molecular flexibility index (Phi) is 5.60. The molecule has 0 radical (unpaired) electrons. The molecule has 0 heterocycles. The van der Waals surface area contributed by atoms with Crippen LogP contribution in [0, 0.1) is 20.8 Å². The van der Waals surface area contributed by atoms with Crippen LogP contribution >= 0.6 is 15.9 Å². The molecule has 0 saturated heterocycles. The molecule has 0 aliphatic rings. The van der Waals surface area contributed by atoms with E-state index in [0.29, 0.717) is 0 Å². The lowest BCUT2D eigenvalue weighted by molar-refractivity contribution is 0.596. The van der Waals surface area contributed by atoms with Crippen LogP contribution in [-0.4, -0.2) is 6.54 Å². The zero-order valence-corrected chi connectivity index (χ0v) is 14.9. The summed E-state index contributed by atoms with van der Waals surface area (Å²) in [7, 11) is 0. The van der Waals surface area contributed by atoms with Crippen molar-refractivity contribution in [2.75, 3.05) is 6.54 Å². The number of rotatable bonds is 5. The molecule has 1 N–H and O–H groups in total. The highest BCUT2D eigenvalue weighted by molar-refractivity contribution is 9.10. The van der Waals surface area contributed by atoms with Gasteiger partial charge in [0.05, 0.1) is 6.04 Å². The summed E-state index contributed by atoms with van der Waals surface area (Å²) in [6, 6.07) is 13.6. The molecule has 21 heavy (non-hydrogen) atoms. The molecular formula is C19H24BrN. The molecule has 112 valence electrons. The van der Waals surface area contributed by atoms with E-state index < -0.39 is 0 Å². The molecule has 0 bridgehead atoms. The molecule has 2 heteroatoms. The molecule has 0 aliphatic carbocycles. The summed E-state index contributed by atoms with van der Waals surface area (Å²) in [6.45, 7) is 9.68. The highest BCUT2D eigenvalue weighted by atomic mass is 79.9. The summed E-state index contributed by atoms with van der Waals surface area (Å²) in [5, 5.41) is 3.68. The Morgan fingerprint density at radius 1 is 1.00 bits per heavy atom. The smallest absolute Gasteiger partial charge is 0.0587 e. The van der Waals surface area contributed by atoms with Gasteiger partial charge in [0, 0.05) is 4.47 Å². The maximum atomic E-state index is 3.73. The van der Waals surface area contributed by atoms with E-state index in [1.807, 2.05) is 0 Å². The van der Waals surface area contributed by atoms with Crippen LogP contribution in [0.15, 0.2) is 40.9 Å². The summed E-state index contributed by atoms with van der Waals surface area (Å²) in [6.07, 6.45) is 1.13. The topological polar surface area (TPSA) is 12.0 Å². The van der Waals surface area contributed by atoms with E-state index in [2.05, 4.69) is 85.3 Å². The van der Waals surface area contributed by atoms with Crippen LogP contribution in [-0.2, 0) is 0 Å². The van der Waals surface area contributed by atoms with Crippen LogP contribution in [0.25, 0.3) is 0 Å². The van der Waals surface area contributed by atoms with E-state index in [1.54, 1.807) is 0 Å². The Hall–Kier alpha value is -1.12. The first kappa shape index (κ1) is 16.3. The van der Waals surface area contributed by atoms with Crippen molar-refractivity contribution >= 4 is 15.9 Å². The van der Waals surface area contributed by atoms with Crippen molar-refractivity contribution in [3.63, 3.8) is 0 Å². The van der Waals surface area contributed by atoms with Crippen molar-refractivity contribution in [2.45, 2.75) is 40.2 Å². The third-order valence-electron chi connectivity index (χ3n) is 3.93. The molecule has 0 fully saturated rings. The largest absolute Gasteiger partial charge is 0.306 e. The minimum absolute atomic E-state index is 0.235. The lowest BCUT2D eigenvalue weighted by atomic mass is 9.95. The van der Waals surface area contributed by atoms with Gasteiger partial charge in [-0.15, -0.1) is 0 Å². The first-order valence-electron chi connectivity index (χ1n) is 7.59. The predicted octanol–water partition coefficient (Wildman–Crippen LogP) is 5.46. The fraction of sp³-hybridized carbons (Fsp3) is 0.368. The maximum absolute atomic E-state index is 3.73. The molecule has 0 spiro atoms. The van der Waals surface area contributed by atoms with Gasteiger partial charge in [0.1, 0.15) is 0 Å². The minimum Gasteiger partial charge on any atom is -0.306 e. The summed E-state index contributed by atoms with van der Waals surface area (Å²) < 4.78 is 1.18. The van der Waals surface area contributed by atoms with Crippen LogP contribution in [0.1, 0.15) is 47.2 Å². The monoisotopic (exact) mass is 345 g/mol. The van der Waals surface area contributed by atoms with Crippen LogP contribution in [0.4, 0.5) is 0 Å². The zero-order valence-electron chi connectivity index (χ0n) is 13.3. The highest BCUT2D eigenvalue weighted by Crippen LogP contribution is 2.30. The molecule has 2 rings (SSSR count). The lowest BCUT2D eigenvalue weighted by Gasteiger charge is -2.22. The van der Waals surface area contributed by atoms with Gasteiger partial charge >= 0.3 is 0 Å². The first-order valence-corrected chi connectivity index (χ1v) is 8.38. The third-order valence-corrected chi connectivity index (χ3v) is 4.62. The zero-order chi connectivity index (χ0) is 15.4. The molecular weight excluding hydrogens is 322 g/mol. The second-order valence-electron chi connectivity index (χ2n) is 5.76. The van der Waals surface area contributed by atoms with Gasteiger partial charge in [-0.05, 0) is 67.6 Å². The van der Waals surface area contributed by atoms with E-state index in [9.17, 15) is 0 Å². The first-order chi connectivity index (χ1) is 10.0. The van der Waals surface area contributed by atoms with Crippen LogP contribution < -0.4 is 5.32 Å². The number of benzene rings is 2. The fourth-order valence-electron chi connectivity index (χ4n) is 2.51. The number of nitrogens with one attached hydrogen (secondary N) is 1. The molecule has 0 aromatic heterocycles. The van der Waals surface area contributed by atoms with Gasteiger partial charge < -0.3 is 5.32 Å². The fourth-order valence-corrected chi connectivity index (χ4v) is 3.23. The molecule has 1 atom stereocenters. The number of aryl methyl sites for hydroxylation is 3. The Morgan fingerprint density at radius 2 is 1.76 bits per heavy atom. The SMILES string of the molecule is CCCNC(c1ccc(C)c(C)c1)c1ccc(C)cc1Br. The van der Waals surface area contributed by atoms with Crippen LogP contribution in [0.2, 0.25) is 0 Å². The van der Waals surface area contributed by atoms with Crippen molar-refractivity contribution in [3.05, 3.63) is 68.7 Å². The molecule has 0 saturated carbocycles. The normalized spacial score (nSPS) is 12.4. The Labute approximate surface area is 136 Å². The second-order valence-corrected chi connectivity index (χ2v) is 6.61. The van der Waals surface area contributed by atoms with E-state index in [1.165, 1.54) is 32.3 Å². The quantitative estimate of drug-likeness (QED) is 0.758. The number of hydrogen-bond donors (Lipinski definition) is 1. The van der Waals surface area contributed by atoms with Gasteiger partial charge in [0.25, 0.3) is 0 Å². The molecule has 2 aromatic rings. The summed E-state index contributed by atoms with van der Waals surface area (Å²) in [5.41, 5.74) is 6.60. The van der Waals surface area contributed by atoms with Gasteiger partial charge in [-0.3, -0.25) is 0 Å². The number of hydrogen-bond acceptors (Lipinski definition) is 1. The molecule has 1 nitrogen and oxygen atoms in total. The highest BCUT2D eigenvalue weighted by Gasteiger charge is 2.16. The number of halogens is 1. The van der Waals surface area contributed by atoms with Gasteiger partial charge in [-0.1, -0.05) is 53.2 Å². The Balaban J connectivity index is 2.44. The van der Waals surface area contributed by atoms with Gasteiger partial charge in [0.2, 0.25) is 0 Å². The summed E-state index contributed by atoms with van der Waals surface area (Å²) in [5.74, 6) is 0. The van der Waals surface area contributed by atoms with E-state index in [-0.39, 0.29) is 6.04 Å². The van der Waals surface area contributed by atoms with Crippen molar-refractivity contribution in [3.8, 4) is 0 Å². The minimum atomic E-state index is 0.235. The van der Waals surface area contributed by atoms with Gasteiger partial charge in [-0.2, -0.15) is 0 Å². The lowest BCUT2D eigenvalue weighted by Crippen LogP contribution is -2.23. The summed E-state index contributed by atoms with van der Waals surface area (Å²) >= 11 is 3.73. The molecule has 2 aromatic carbocycles. The van der Waals surface area contributed by atoms with Gasteiger partial charge in [0.15, 0.2) is 0 Å². The molecule has 0 aliphatic heterocycles. The molecule has 1 unspecified atom stereocenters. The van der Waals surface area contributed by atoms with Crippen molar-refractivity contribution < 1.29 is 0 Å². The van der Waals surface area contributed by atoms with Gasteiger partial charge in [-0.25, -0.2) is 0 Å². The van der Waals surface area contributed by atoms with E-state index >= 15 is 0 Å². The van der Waals surface area contributed by atoms with E-state index in [4.69, 9.17) is 0 Å². The standard InChI is InChI=1S/C19H24BrN/c1-5-10-21-19(16-8-7-14(3)15(4)12-16)17-9-6-13(2)11-18(17)20/h6-9,11-12,19,21H,5,10H2,1-4H3. The Bertz CT molecular complexity index is 619. The van der Waals surface area contributed by atoms with Crippen LogP contribution in [0.5, 0.6) is 0 Å². The second kappa shape index (κ2) is 7.24. The Morgan fingerprint density at radius 3 is 2.38 bits per heavy atom. The third kappa shape index (κ3) is 3.96. The predicted molar refractivity (Wildman–Crippen MR) is 94.9 cm³/mol. The molecule has 0 amide bonds. The average Bonchev–Trinajstić information content (AvgIpc) is 2.44. The van der Waals surface area contributed by atoms with E-state index in [0.717, 1.165) is 13.0 Å².